The van der Waals surface area contributed by atoms with Crippen LogP contribution in [-0.4, -0.2) is 12.6 Å². The van der Waals surface area contributed by atoms with Gasteiger partial charge in [0.2, 0.25) is 0 Å². The zero-order valence-corrected chi connectivity index (χ0v) is 7.79. The average Bonchev–Trinajstić information content (AvgIpc) is 2.46. The molecule has 1 aromatic rings. The molecular weight excluding hydrogens is 154 g/mol. The van der Waals surface area contributed by atoms with Crippen molar-refractivity contribution in [2.45, 2.75) is 25.3 Å². The van der Waals surface area contributed by atoms with Gasteiger partial charge >= 0.3 is 0 Å². The Kier molecular flexibility index (Phi) is 1.55. The van der Waals surface area contributed by atoms with Crippen LogP contribution in [0.5, 0.6) is 0 Å². The van der Waals surface area contributed by atoms with E-state index >= 15 is 0 Å². The van der Waals surface area contributed by atoms with Gasteiger partial charge < -0.3 is 5.32 Å². The highest BCUT2D eigenvalue weighted by atomic mass is 32.1. The maximum absolute atomic E-state index is 3.38. The zero-order valence-electron chi connectivity index (χ0n) is 6.98. The van der Waals surface area contributed by atoms with E-state index in [-0.39, 0.29) is 0 Å². The Bertz CT molecular complexity index is 244. The van der Waals surface area contributed by atoms with Gasteiger partial charge in [0.1, 0.15) is 0 Å². The Morgan fingerprint density at radius 2 is 2.36 bits per heavy atom. The fraction of sp³-hybridized carbons (Fsp3) is 0.556. The summed E-state index contributed by atoms with van der Waals surface area (Å²) in [4.78, 5) is 1.57. The fourth-order valence-corrected chi connectivity index (χ4v) is 2.78. The van der Waals surface area contributed by atoms with E-state index in [0.29, 0.717) is 5.54 Å². The highest BCUT2D eigenvalue weighted by Gasteiger charge is 2.31. The molecule has 0 bridgehead atoms. The standard InChI is InChI=1S/C9H13NS/c1-9(10-2)5-7-3-4-11-8(7)6-9/h3-4,10H,5-6H2,1-2H3. The van der Waals surface area contributed by atoms with Crippen molar-refractivity contribution in [1.82, 2.24) is 5.32 Å². The molecule has 1 nitrogen and oxygen atoms in total. The van der Waals surface area contributed by atoms with Gasteiger partial charge in [-0.25, -0.2) is 0 Å². The molecular formula is C9H13NS. The Morgan fingerprint density at radius 1 is 1.55 bits per heavy atom. The van der Waals surface area contributed by atoms with Gasteiger partial charge in [-0.3, -0.25) is 0 Å². The first-order chi connectivity index (χ1) is 5.23. The van der Waals surface area contributed by atoms with Crippen molar-refractivity contribution in [3.05, 3.63) is 21.9 Å². The third-order valence-corrected chi connectivity index (χ3v) is 3.54. The third kappa shape index (κ3) is 1.10. The van der Waals surface area contributed by atoms with Crippen LogP contribution in [0.1, 0.15) is 17.4 Å². The van der Waals surface area contributed by atoms with Crippen LogP contribution >= 0.6 is 11.3 Å². The molecule has 0 saturated heterocycles. The van der Waals surface area contributed by atoms with Crippen LogP contribution in [0.4, 0.5) is 0 Å². The Labute approximate surface area is 71.4 Å². The lowest BCUT2D eigenvalue weighted by molar-refractivity contribution is 0.407. The molecule has 0 saturated carbocycles. The molecule has 1 atom stereocenters. The lowest BCUT2D eigenvalue weighted by atomic mass is 10.00. The number of nitrogens with one attached hydrogen (secondary N) is 1. The van der Waals surface area contributed by atoms with E-state index in [4.69, 9.17) is 0 Å². The van der Waals surface area contributed by atoms with Crippen molar-refractivity contribution >= 4 is 11.3 Å². The molecule has 1 N–H and O–H groups in total. The molecule has 0 radical (unpaired) electrons. The summed E-state index contributed by atoms with van der Waals surface area (Å²) < 4.78 is 0. The SMILES string of the molecule is CNC1(C)Cc2ccsc2C1. The average molecular weight is 167 g/mol. The predicted molar refractivity (Wildman–Crippen MR) is 49.2 cm³/mol. The molecule has 0 aliphatic heterocycles. The second-order valence-corrected chi connectivity index (χ2v) is 4.53. The second kappa shape index (κ2) is 2.32. The van der Waals surface area contributed by atoms with E-state index < -0.39 is 0 Å². The van der Waals surface area contributed by atoms with Crippen LogP contribution in [0.2, 0.25) is 0 Å². The number of hydrogen-bond acceptors (Lipinski definition) is 2. The minimum Gasteiger partial charge on any atom is -0.314 e. The molecule has 60 valence electrons. The van der Waals surface area contributed by atoms with Gasteiger partial charge in [0.15, 0.2) is 0 Å². The molecule has 11 heavy (non-hydrogen) atoms. The summed E-state index contributed by atoms with van der Waals surface area (Å²) in [5.41, 5.74) is 1.88. The van der Waals surface area contributed by atoms with E-state index in [2.05, 4.69) is 30.7 Å². The van der Waals surface area contributed by atoms with Crippen molar-refractivity contribution in [2.75, 3.05) is 7.05 Å². The molecule has 2 heteroatoms. The van der Waals surface area contributed by atoms with Gasteiger partial charge in [-0.05, 0) is 37.4 Å². The molecule has 1 aromatic heterocycles. The van der Waals surface area contributed by atoms with Crippen molar-refractivity contribution < 1.29 is 0 Å². The van der Waals surface area contributed by atoms with Gasteiger partial charge in [0, 0.05) is 16.8 Å². The van der Waals surface area contributed by atoms with Crippen LogP contribution in [0, 0.1) is 0 Å². The van der Waals surface area contributed by atoms with E-state index in [1.165, 1.54) is 12.8 Å². The van der Waals surface area contributed by atoms with Crippen LogP contribution in [0.25, 0.3) is 0 Å². The summed E-state index contributed by atoms with van der Waals surface area (Å²) in [7, 11) is 2.05. The number of rotatable bonds is 1. The van der Waals surface area contributed by atoms with Crippen molar-refractivity contribution in [3.63, 3.8) is 0 Å². The first-order valence-corrected chi connectivity index (χ1v) is 4.86. The highest BCUT2D eigenvalue weighted by molar-refractivity contribution is 7.10. The topological polar surface area (TPSA) is 12.0 Å². The fourth-order valence-electron chi connectivity index (χ4n) is 1.69. The lowest BCUT2D eigenvalue weighted by Gasteiger charge is -2.22. The molecule has 0 amide bonds. The molecule has 1 aliphatic rings. The van der Waals surface area contributed by atoms with Crippen LogP contribution in [-0.2, 0) is 12.8 Å². The Morgan fingerprint density at radius 3 is 3.00 bits per heavy atom. The van der Waals surface area contributed by atoms with Gasteiger partial charge in [0.25, 0.3) is 0 Å². The molecule has 1 aliphatic carbocycles. The van der Waals surface area contributed by atoms with Crippen LogP contribution in [0.15, 0.2) is 11.4 Å². The van der Waals surface area contributed by atoms with Crippen LogP contribution < -0.4 is 5.32 Å². The molecule has 0 aromatic carbocycles. The number of likely N-dealkylation sites (N-methyl/N-ethyl adjacent to an activating group) is 1. The maximum Gasteiger partial charge on any atom is 0.0239 e. The monoisotopic (exact) mass is 167 g/mol. The molecule has 1 unspecified atom stereocenters. The quantitative estimate of drug-likeness (QED) is 0.673. The van der Waals surface area contributed by atoms with E-state index in [0.717, 1.165) is 0 Å². The van der Waals surface area contributed by atoms with Crippen molar-refractivity contribution in [1.29, 1.82) is 0 Å². The summed E-state index contributed by atoms with van der Waals surface area (Å²) in [6.07, 6.45) is 2.40. The molecule has 2 rings (SSSR count). The summed E-state index contributed by atoms with van der Waals surface area (Å²) in [5, 5.41) is 5.57. The molecule has 0 fully saturated rings. The van der Waals surface area contributed by atoms with Crippen LogP contribution in [0.3, 0.4) is 0 Å². The van der Waals surface area contributed by atoms with E-state index in [9.17, 15) is 0 Å². The third-order valence-electron chi connectivity index (χ3n) is 2.57. The summed E-state index contributed by atoms with van der Waals surface area (Å²) >= 11 is 1.89. The number of thiophene rings is 1. The van der Waals surface area contributed by atoms with E-state index in [1.807, 2.05) is 11.3 Å². The summed E-state index contributed by atoms with van der Waals surface area (Å²) in [5.74, 6) is 0. The first kappa shape index (κ1) is 7.32. The van der Waals surface area contributed by atoms with Gasteiger partial charge in [-0.2, -0.15) is 0 Å². The predicted octanol–water partition coefficient (Wildman–Crippen LogP) is 1.82. The van der Waals surface area contributed by atoms with E-state index in [1.54, 1.807) is 10.4 Å². The summed E-state index contributed by atoms with van der Waals surface area (Å²) in [6.45, 7) is 2.29. The Hall–Kier alpha value is -0.340. The molecule has 0 spiro atoms. The summed E-state index contributed by atoms with van der Waals surface area (Å²) in [6, 6.07) is 2.25. The van der Waals surface area contributed by atoms with Gasteiger partial charge in [-0.1, -0.05) is 0 Å². The second-order valence-electron chi connectivity index (χ2n) is 3.53. The Balaban J connectivity index is 2.28. The first-order valence-electron chi connectivity index (χ1n) is 3.98. The largest absolute Gasteiger partial charge is 0.314 e. The number of fused-ring (bicyclic) bond motifs is 1. The lowest BCUT2D eigenvalue weighted by Crippen LogP contribution is -2.40. The van der Waals surface area contributed by atoms with Gasteiger partial charge in [0.05, 0.1) is 0 Å². The highest BCUT2D eigenvalue weighted by Crippen LogP contribution is 2.33. The van der Waals surface area contributed by atoms with Crippen molar-refractivity contribution in [2.24, 2.45) is 0 Å². The van der Waals surface area contributed by atoms with Crippen molar-refractivity contribution in [3.8, 4) is 0 Å². The normalized spacial score (nSPS) is 28.9. The minimum atomic E-state index is 0.336. The molecule has 1 heterocycles. The minimum absolute atomic E-state index is 0.336. The smallest absolute Gasteiger partial charge is 0.0239 e. The zero-order chi connectivity index (χ0) is 7.90. The van der Waals surface area contributed by atoms with Gasteiger partial charge in [-0.15, -0.1) is 11.3 Å². The number of hydrogen-bond donors (Lipinski definition) is 1. The maximum atomic E-state index is 3.38.